The molecule has 2 heterocycles. The molecule has 0 unspecified atom stereocenters. The van der Waals surface area contributed by atoms with Crippen LogP contribution < -0.4 is 20.9 Å². The Balaban J connectivity index is 1.42. The predicted molar refractivity (Wildman–Crippen MR) is 120 cm³/mol. The van der Waals surface area contributed by atoms with Gasteiger partial charge in [-0.15, -0.1) is 11.8 Å². The first-order chi connectivity index (χ1) is 14.9. The second-order valence-corrected chi connectivity index (χ2v) is 8.64. The lowest BCUT2D eigenvalue weighted by molar-refractivity contribution is -0.122. The van der Waals surface area contributed by atoms with E-state index in [1.54, 1.807) is 19.1 Å². The number of benzene rings is 2. The van der Waals surface area contributed by atoms with Gasteiger partial charge in [0.1, 0.15) is 5.54 Å². The quantitative estimate of drug-likeness (QED) is 0.471. The van der Waals surface area contributed by atoms with Crippen molar-refractivity contribution < 1.29 is 19.1 Å². The van der Waals surface area contributed by atoms with E-state index >= 15 is 0 Å². The van der Waals surface area contributed by atoms with Gasteiger partial charge in [0, 0.05) is 35.1 Å². The normalized spacial score (nSPS) is 20.9. The summed E-state index contributed by atoms with van der Waals surface area (Å²) >= 11 is 1.35. The number of urea groups is 1. The summed E-state index contributed by atoms with van der Waals surface area (Å²) in [6, 6.07) is 14.5. The molecule has 3 N–H and O–H groups in total. The molecule has 0 bridgehead atoms. The van der Waals surface area contributed by atoms with E-state index in [-0.39, 0.29) is 11.8 Å². The third-order valence-corrected chi connectivity index (χ3v) is 6.66. The van der Waals surface area contributed by atoms with E-state index in [9.17, 15) is 14.4 Å². The molecule has 0 saturated carbocycles. The van der Waals surface area contributed by atoms with Crippen molar-refractivity contribution >= 4 is 41.0 Å². The summed E-state index contributed by atoms with van der Waals surface area (Å²) in [5.41, 5.74) is 1.30. The average molecular weight is 441 g/mol. The number of amides is 4. The predicted octanol–water partition coefficient (Wildman–Crippen LogP) is 2.47. The number of morpholine rings is 1. The summed E-state index contributed by atoms with van der Waals surface area (Å²) in [5.74, 6) is -0.289. The van der Waals surface area contributed by atoms with Crippen LogP contribution in [-0.2, 0) is 9.53 Å². The number of carbonyl (C=O) groups is 3. The van der Waals surface area contributed by atoms with Gasteiger partial charge in [-0.1, -0.05) is 12.1 Å². The van der Waals surface area contributed by atoms with Crippen molar-refractivity contribution in [2.75, 3.05) is 42.3 Å². The van der Waals surface area contributed by atoms with E-state index in [1.807, 2.05) is 36.4 Å². The minimum absolute atomic E-state index is 0.229. The SMILES string of the molecule is C[C@@]1(CSc2ccccc2C(=O)Nc2ccc(N3CCOCC3)cc2)NC(=O)NC1=O. The molecule has 2 aliphatic heterocycles. The van der Waals surface area contributed by atoms with E-state index < -0.39 is 11.6 Å². The zero-order valence-electron chi connectivity index (χ0n) is 17.1. The molecular weight excluding hydrogens is 416 g/mol. The van der Waals surface area contributed by atoms with Gasteiger partial charge in [0.15, 0.2) is 0 Å². The first-order valence-electron chi connectivity index (χ1n) is 10.0. The summed E-state index contributed by atoms with van der Waals surface area (Å²) in [7, 11) is 0. The second-order valence-electron chi connectivity index (χ2n) is 7.63. The molecule has 0 spiro atoms. The molecule has 0 radical (unpaired) electrons. The van der Waals surface area contributed by atoms with Crippen LogP contribution in [0.1, 0.15) is 17.3 Å². The molecule has 2 saturated heterocycles. The van der Waals surface area contributed by atoms with Crippen molar-refractivity contribution in [3.05, 3.63) is 54.1 Å². The molecule has 8 nitrogen and oxygen atoms in total. The van der Waals surface area contributed by atoms with Crippen LogP contribution in [0.5, 0.6) is 0 Å². The fraction of sp³-hybridized carbons (Fsp3) is 0.318. The maximum atomic E-state index is 12.9. The molecule has 1 atom stereocenters. The van der Waals surface area contributed by atoms with Crippen molar-refractivity contribution in [1.29, 1.82) is 0 Å². The van der Waals surface area contributed by atoms with Crippen molar-refractivity contribution in [1.82, 2.24) is 10.6 Å². The van der Waals surface area contributed by atoms with Gasteiger partial charge in [-0.05, 0) is 43.3 Å². The first kappa shape index (κ1) is 21.2. The van der Waals surface area contributed by atoms with Gasteiger partial charge in [0.25, 0.3) is 11.8 Å². The molecule has 0 aromatic heterocycles. The topological polar surface area (TPSA) is 99.8 Å². The number of anilines is 2. The fourth-order valence-electron chi connectivity index (χ4n) is 3.46. The smallest absolute Gasteiger partial charge is 0.322 e. The first-order valence-corrected chi connectivity index (χ1v) is 11.0. The standard InChI is InChI=1S/C22H24N4O4S/c1-22(20(28)24-21(29)25-22)14-31-18-5-3-2-4-17(18)19(27)23-15-6-8-16(9-7-15)26-10-12-30-13-11-26/h2-9H,10-14H2,1H3,(H,23,27)(H2,24,25,28,29)/t22-/m0/s1. The molecule has 2 aromatic carbocycles. The van der Waals surface area contributed by atoms with Crippen LogP contribution >= 0.6 is 11.8 Å². The Kier molecular flexibility index (Phi) is 6.15. The monoisotopic (exact) mass is 440 g/mol. The highest BCUT2D eigenvalue weighted by atomic mass is 32.2. The van der Waals surface area contributed by atoms with Gasteiger partial charge in [-0.2, -0.15) is 0 Å². The van der Waals surface area contributed by atoms with Crippen LogP contribution in [0.25, 0.3) is 0 Å². The van der Waals surface area contributed by atoms with Gasteiger partial charge in [0.05, 0.1) is 18.8 Å². The third kappa shape index (κ3) is 4.83. The minimum Gasteiger partial charge on any atom is -0.378 e. The molecule has 162 valence electrons. The van der Waals surface area contributed by atoms with Crippen LogP contribution in [0.4, 0.5) is 16.2 Å². The number of imide groups is 1. The van der Waals surface area contributed by atoms with Crippen LogP contribution in [0.3, 0.4) is 0 Å². The van der Waals surface area contributed by atoms with Crippen LogP contribution in [0.15, 0.2) is 53.4 Å². The van der Waals surface area contributed by atoms with E-state index in [0.29, 0.717) is 17.0 Å². The van der Waals surface area contributed by atoms with Crippen molar-refractivity contribution in [3.63, 3.8) is 0 Å². The Bertz CT molecular complexity index is 991. The number of thioether (sulfide) groups is 1. The van der Waals surface area contributed by atoms with Gasteiger partial charge in [-0.25, -0.2) is 4.79 Å². The van der Waals surface area contributed by atoms with Crippen molar-refractivity contribution in [3.8, 4) is 0 Å². The number of nitrogens with one attached hydrogen (secondary N) is 3. The van der Waals surface area contributed by atoms with Gasteiger partial charge in [-0.3, -0.25) is 14.9 Å². The Labute approximate surface area is 184 Å². The summed E-state index contributed by atoms with van der Waals surface area (Å²) in [5, 5.41) is 7.83. The highest BCUT2D eigenvalue weighted by Crippen LogP contribution is 2.28. The summed E-state index contributed by atoms with van der Waals surface area (Å²) < 4.78 is 5.38. The van der Waals surface area contributed by atoms with Gasteiger partial charge >= 0.3 is 6.03 Å². The number of rotatable bonds is 6. The summed E-state index contributed by atoms with van der Waals surface area (Å²) in [6.07, 6.45) is 0. The van der Waals surface area contributed by atoms with Gasteiger partial charge in [0.2, 0.25) is 0 Å². The maximum Gasteiger partial charge on any atom is 0.322 e. The summed E-state index contributed by atoms with van der Waals surface area (Å²) in [4.78, 5) is 39.4. The Morgan fingerprint density at radius 3 is 2.52 bits per heavy atom. The lowest BCUT2D eigenvalue weighted by Gasteiger charge is -2.28. The fourth-order valence-corrected chi connectivity index (χ4v) is 4.60. The minimum atomic E-state index is -1.01. The maximum absolute atomic E-state index is 12.9. The lowest BCUT2D eigenvalue weighted by Crippen LogP contribution is -2.46. The number of ether oxygens (including phenoxy) is 1. The molecule has 4 rings (SSSR count). The van der Waals surface area contributed by atoms with E-state index in [0.717, 1.165) is 36.9 Å². The van der Waals surface area contributed by atoms with E-state index in [4.69, 9.17) is 4.74 Å². The lowest BCUT2D eigenvalue weighted by atomic mass is 10.1. The third-order valence-electron chi connectivity index (χ3n) is 5.27. The largest absolute Gasteiger partial charge is 0.378 e. The molecule has 0 aliphatic carbocycles. The highest BCUT2D eigenvalue weighted by Gasteiger charge is 2.41. The average Bonchev–Trinajstić information content (AvgIpc) is 3.05. The van der Waals surface area contributed by atoms with Crippen LogP contribution in [0, 0.1) is 0 Å². The molecule has 4 amide bonds. The second kappa shape index (κ2) is 8.99. The number of carbonyl (C=O) groups excluding carboxylic acids is 3. The number of nitrogens with zero attached hydrogens (tertiary/aromatic N) is 1. The zero-order chi connectivity index (χ0) is 21.8. The Morgan fingerprint density at radius 2 is 1.84 bits per heavy atom. The van der Waals surface area contributed by atoms with E-state index in [1.165, 1.54) is 11.8 Å². The zero-order valence-corrected chi connectivity index (χ0v) is 18.0. The number of hydrogen-bond acceptors (Lipinski definition) is 6. The van der Waals surface area contributed by atoms with Crippen LogP contribution in [0.2, 0.25) is 0 Å². The summed E-state index contributed by atoms with van der Waals surface area (Å²) in [6.45, 7) is 4.81. The molecule has 2 aromatic rings. The highest BCUT2D eigenvalue weighted by molar-refractivity contribution is 7.99. The van der Waals surface area contributed by atoms with E-state index in [2.05, 4.69) is 20.9 Å². The molecular formula is C22H24N4O4S. The molecule has 2 fully saturated rings. The number of hydrogen-bond donors (Lipinski definition) is 3. The van der Waals surface area contributed by atoms with Gasteiger partial charge < -0.3 is 20.3 Å². The molecule has 31 heavy (non-hydrogen) atoms. The molecule has 2 aliphatic rings. The Hall–Kier alpha value is -3.04. The van der Waals surface area contributed by atoms with Crippen molar-refractivity contribution in [2.45, 2.75) is 17.4 Å². The molecule has 9 heteroatoms. The van der Waals surface area contributed by atoms with Crippen molar-refractivity contribution in [2.24, 2.45) is 0 Å². The van der Waals surface area contributed by atoms with Crippen LogP contribution in [-0.4, -0.2) is 55.4 Å². The Morgan fingerprint density at radius 1 is 1.13 bits per heavy atom.